The van der Waals surface area contributed by atoms with Crippen LogP contribution in [0.5, 0.6) is 0 Å². The van der Waals surface area contributed by atoms with E-state index in [2.05, 4.69) is 27.2 Å². The van der Waals surface area contributed by atoms with Crippen LogP contribution in [-0.4, -0.2) is 51.4 Å². The summed E-state index contributed by atoms with van der Waals surface area (Å²) >= 11 is 0. The quantitative estimate of drug-likeness (QED) is 0.669. The fourth-order valence-corrected chi connectivity index (χ4v) is 3.79. The van der Waals surface area contributed by atoms with Crippen molar-refractivity contribution in [2.75, 3.05) is 19.6 Å². The Morgan fingerprint density at radius 1 is 1.27 bits per heavy atom. The molecule has 166 valence electrons. The molecule has 1 amide bonds. The molecular formula is C21H31Cl2N5O2. The van der Waals surface area contributed by atoms with Crippen molar-refractivity contribution in [3.63, 3.8) is 0 Å². The fraction of sp³-hybridized carbons (Fsp3) is 0.524. The lowest BCUT2D eigenvalue weighted by molar-refractivity contribution is -0.134. The Bertz CT molecular complexity index is 854. The third-order valence-corrected chi connectivity index (χ3v) is 5.28. The van der Waals surface area contributed by atoms with Gasteiger partial charge in [-0.25, -0.2) is 4.98 Å². The molecule has 0 bridgehead atoms. The van der Waals surface area contributed by atoms with Crippen molar-refractivity contribution in [2.45, 2.75) is 52.0 Å². The molecule has 2 aromatic heterocycles. The van der Waals surface area contributed by atoms with Crippen LogP contribution < -0.4 is 10.9 Å². The van der Waals surface area contributed by atoms with Gasteiger partial charge in [0.15, 0.2) is 0 Å². The third kappa shape index (κ3) is 6.52. The highest BCUT2D eigenvalue weighted by Crippen LogP contribution is 2.16. The second-order valence-corrected chi connectivity index (χ2v) is 7.29. The molecule has 0 saturated carbocycles. The monoisotopic (exact) mass is 455 g/mol. The van der Waals surface area contributed by atoms with Gasteiger partial charge in [0.1, 0.15) is 5.82 Å². The van der Waals surface area contributed by atoms with E-state index < -0.39 is 0 Å². The van der Waals surface area contributed by atoms with Crippen molar-refractivity contribution in [2.24, 2.45) is 0 Å². The number of nitrogens with one attached hydrogen (secondary N) is 2. The van der Waals surface area contributed by atoms with Crippen molar-refractivity contribution in [3.8, 4) is 11.4 Å². The maximum absolute atomic E-state index is 12.9. The Balaban J connectivity index is 0.00000225. The number of aryl methyl sites for hydroxylation is 1. The first-order chi connectivity index (χ1) is 13.6. The van der Waals surface area contributed by atoms with Crippen LogP contribution in [0.3, 0.4) is 0 Å². The molecule has 1 saturated heterocycles. The minimum Gasteiger partial charge on any atom is -0.340 e. The molecule has 0 unspecified atom stereocenters. The van der Waals surface area contributed by atoms with Crippen LogP contribution in [0.2, 0.25) is 0 Å². The predicted octanol–water partition coefficient (Wildman–Crippen LogP) is 2.91. The molecule has 1 aliphatic rings. The topological polar surface area (TPSA) is 91.0 Å². The van der Waals surface area contributed by atoms with Gasteiger partial charge in [0.05, 0.1) is 0 Å². The molecule has 3 heterocycles. The van der Waals surface area contributed by atoms with Crippen molar-refractivity contribution in [1.29, 1.82) is 0 Å². The third-order valence-electron chi connectivity index (χ3n) is 5.28. The van der Waals surface area contributed by atoms with Gasteiger partial charge in [0, 0.05) is 48.2 Å². The van der Waals surface area contributed by atoms with Crippen molar-refractivity contribution in [3.05, 3.63) is 46.1 Å². The zero-order chi connectivity index (χ0) is 19.9. The van der Waals surface area contributed by atoms with Gasteiger partial charge in [-0.1, -0.05) is 6.92 Å². The number of nitrogens with zero attached hydrogens (tertiary/aromatic N) is 3. The van der Waals surface area contributed by atoms with E-state index in [4.69, 9.17) is 0 Å². The van der Waals surface area contributed by atoms with E-state index in [1.165, 1.54) is 0 Å². The molecule has 1 fully saturated rings. The Morgan fingerprint density at radius 2 is 2.00 bits per heavy atom. The molecule has 9 heteroatoms. The predicted molar refractivity (Wildman–Crippen MR) is 124 cm³/mol. The summed E-state index contributed by atoms with van der Waals surface area (Å²) in [6, 6.07) is 3.97. The van der Waals surface area contributed by atoms with E-state index in [0.29, 0.717) is 36.0 Å². The number of H-pyrrole nitrogens is 1. The molecule has 2 aromatic rings. The standard InChI is InChI=1S/C21H29N5O2.2ClH/c1-3-13-26(17-8-11-22-12-9-17)19(27)7-6-18-15(2)24-20(25-21(18)28)16-5-4-10-23-14-16;;/h4-5,10,14,17,22H,3,6-9,11-13H2,1-2H3,(H,24,25,28);2*1H. The average Bonchev–Trinajstić information content (AvgIpc) is 2.72. The second-order valence-electron chi connectivity index (χ2n) is 7.29. The summed E-state index contributed by atoms with van der Waals surface area (Å²) in [6.45, 7) is 6.60. The average molecular weight is 456 g/mol. The van der Waals surface area contributed by atoms with Crippen LogP contribution in [0, 0.1) is 6.92 Å². The highest BCUT2D eigenvalue weighted by atomic mass is 35.5. The van der Waals surface area contributed by atoms with Gasteiger partial charge in [-0.2, -0.15) is 0 Å². The smallest absolute Gasteiger partial charge is 0.254 e. The fourth-order valence-electron chi connectivity index (χ4n) is 3.79. The summed E-state index contributed by atoms with van der Waals surface area (Å²) in [6.07, 6.45) is 7.02. The molecule has 2 N–H and O–H groups in total. The number of aromatic amines is 1. The number of carbonyl (C=O) groups is 1. The summed E-state index contributed by atoms with van der Waals surface area (Å²) in [5, 5.41) is 3.35. The highest BCUT2D eigenvalue weighted by molar-refractivity contribution is 5.85. The number of carbonyl (C=O) groups excluding carboxylic acids is 1. The minimum atomic E-state index is -0.178. The van der Waals surface area contributed by atoms with Crippen LogP contribution in [0.4, 0.5) is 0 Å². The van der Waals surface area contributed by atoms with Gasteiger partial charge in [-0.05, 0) is 57.8 Å². The Labute approximate surface area is 189 Å². The van der Waals surface area contributed by atoms with Crippen LogP contribution >= 0.6 is 24.8 Å². The van der Waals surface area contributed by atoms with Crippen LogP contribution in [0.15, 0.2) is 29.3 Å². The zero-order valence-corrected chi connectivity index (χ0v) is 19.2. The van der Waals surface area contributed by atoms with Crippen LogP contribution in [-0.2, 0) is 11.2 Å². The Kier molecular flexibility index (Phi) is 11.0. The normalized spacial score (nSPS) is 13.8. The summed E-state index contributed by atoms with van der Waals surface area (Å²) in [5.41, 5.74) is 1.84. The lowest BCUT2D eigenvalue weighted by Crippen LogP contribution is -2.46. The number of hydrogen-bond donors (Lipinski definition) is 2. The number of aromatic nitrogens is 3. The van der Waals surface area contributed by atoms with Gasteiger partial charge in [0.25, 0.3) is 5.56 Å². The molecule has 0 aliphatic carbocycles. The largest absolute Gasteiger partial charge is 0.340 e. The van der Waals surface area contributed by atoms with E-state index in [-0.39, 0.29) is 36.3 Å². The first-order valence-corrected chi connectivity index (χ1v) is 10.1. The van der Waals surface area contributed by atoms with Crippen molar-refractivity contribution in [1.82, 2.24) is 25.2 Å². The maximum Gasteiger partial charge on any atom is 0.254 e. The molecule has 1 aliphatic heterocycles. The lowest BCUT2D eigenvalue weighted by Gasteiger charge is -2.34. The highest BCUT2D eigenvalue weighted by Gasteiger charge is 2.24. The Morgan fingerprint density at radius 3 is 2.60 bits per heavy atom. The number of hydrogen-bond acceptors (Lipinski definition) is 5. The molecule has 3 rings (SSSR count). The van der Waals surface area contributed by atoms with Crippen LogP contribution in [0.1, 0.15) is 43.9 Å². The maximum atomic E-state index is 12.9. The SMILES string of the molecule is CCCN(C(=O)CCc1c(C)nc(-c2cccnc2)[nH]c1=O)C1CCNCC1.Cl.Cl. The number of piperidine rings is 1. The molecule has 0 atom stereocenters. The molecule has 0 aromatic carbocycles. The minimum absolute atomic E-state index is 0. The number of amides is 1. The molecule has 0 radical (unpaired) electrons. The van der Waals surface area contributed by atoms with Gasteiger partial charge in [0.2, 0.25) is 5.91 Å². The van der Waals surface area contributed by atoms with Crippen LogP contribution in [0.25, 0.3) is 11.4 Å². The summed E-state index contributed by atoms with van der Waals surface area (Å²) in [4.78, 5) is 38.9. The summed E-state index contributed by atoms with van der Waals surface area (Å²) in [5.74, 6) is 0.636. The first-order valence-electron chi connectivity index (χ1n) is 10.1. The number of halogens is 2. The van der Waals surface area contributed by atoms with E-state index >= 15 is 0 Å². The van der Waals surface area contributed by atoms with E-state index in [1.807, 2.05) is 17.9 Å². The van der Waals surface area contributed by atoms with Gasteiger partial charge < -0.3 is 15.2 Å². The van der Waals surface area contributed by atoms with Crippen molar-refractivity contribution >= 4 is 30.7 Å². The second kappa shape index (κ2) is 12.7. The summed E-state index contributed by atoms with van der Waals surface area (Å²) < 4.78 is 0. The summed E-state index contributed by atoms with van der Waals surface area (Å²) in [7, 11) is 0. The van der Waals surface area contributed by atoms with E-state index in [0.717, 1.165) is 44.5 Å². The lowest BCUT2D eigenvalue weighted by atomic mass is 10.0. The van der Waals surface area contributed by atoms with Gasteiger partial charge >= 0.3 is 0 Å². The molecular weight excluding hydrogens is 425 g/mol. The number of pyridine rings is 1. The Hall–Kier alpha value is -1.96. The molecule has 7 nitrogen and oxygen atoms in total. The molecule has 0 spiro atoms. The number of rotatable bonds is 7. The first kappa shape index (κ1) is 26.1. The van der Waals surface area contributed by atoms with Gasteiger partial charge in [-0.3, -0.25) is 14.6 Å². The zero-order valence-electron chi connectivity index (χ0n) is 17.5. The molecule has 30 heavy (non-hydrogen) atoms. The van der Waals surface area contributed by atoms with E-state index in [9.17, 15) is 9.59 Å². The van der Waals surface area contributed by atoms with Crippen molar-refractivity contribution < 1.29 is 4.79 Å². The van der Waals surface area contributed by atoms with Gasteiger partial charge in [-0.15, -0.1) is 24.8 Å². The van der Waals surface area contributed by atoms with E-state index in [1.54, 1.807) is 18.5 Å².